The van der Waals surface area contributed by atoms with Crippen molar-refractivity contribution in [1.29, 1.82) is 0 Å². The zero-order valence-electron chi connectivity index (χ0n) is 15.1. The van der Waals surface area contributed by atoms with Crippen LogP contribution in [0.1, 0.15) is 29.6 Å². The average Bonchev–Trinajstić information content (AvgIpc) is 3.17. The summed E-state index contributed by atoms with van der Waals surface area (Å²) in [5.74, 6) is 7.05. The Hall–Kier alpha value is -2.39. The fourth-order valence-electron chi connectivity index (χ4n) is 2.34. The van der Waals surface area contributed by atoms with Crippen LogP contribution in [0, 0.1) is 20.8 Å². The van der Waals surface area contributed by atoms with Crippen molar-refractivity contribution in [3.8, 4) is 0 Å². The SMILES string of the molecule is CC(=O)N(c1ccc(C)c(C)c1)c1nc(CSc2nnc(C)n2N)cs1. The second-order valence-electron chi connectivity index (χ2n) is 5.93. The lowest BCUT2D eigenvalue weighted by Gasteiger charge is -2.19. The van der Waals surface area contributed by atoms with Gasteiger partial charge in [0.2, 0.25) is 11.1 Å². The lowest BCUT2D eigenvalue weighted by molar-refractivity contribution is -0.115. The first kappa shape index (κ1) is 18.4. The highest BCUT2D eigenvalue weighted by molar-refractivity contribution is 7.98. The van der Waals surface area contributed by atoms with Crippen LogP contribution in [0.5, 0.6) is 0 Å². The second-order valence-corrected chi connectivity index (χ2v) is 7.71. The van der Waals surface area contributed by atoms with E-state index in [1.807, 2.05) is 37.4 Å². The summed E-state index contributed by atoms with van der Waals surface area (Å²) in [6.45, 7) is 7.43. The molecule has 0 radical (unpaired) electrons. The normalized spacial score (nSPS) is 10.9. The molecule has 0 atom stereocenters. The number of rotatable bonds is 5. The van der Waals surface area contributed by atoms with E-state index >= 15 is 0 Å². The summed E-state index contributed by atoms with van der Waals surface area (Å²) in [6.07, 6.45) is 0. The Bertz CT molecular complexity index is 949. The first-order chi connectivity index (χ1) is 12.4. The van der Waals surface area contributed by atoms with E-state index in [1.165, 1.54) is 33.3 Å². The van der Waals surface area contributed by atoms with Gasteiger partial charge in [0.25, 0.3) is 0 Å². The van der Waals surface area contributed by atoms with Crippen LogP contribution in [0.25, 0.3) is 0 Å². The van der Waals surface area contributed by atoms with Crippen molar-refractivity contribution in [2.24, 2.45) is 0 Å². The van der Waals surface area contributed by atoms with Crippen molar-refractivity contribution in [2.75, 3.05) is 10.7 Å². The van der Waals surface area contributed by atoms with E-state index in [-0.39, 0.29) is 5.91 Å². The van der Waals surface area contributed by atoms with Gasteiger partial charge in [-0.1, -0.05) is 17.8 Å². The molecule has 2 heterocycles. The summed E-state index contributed by atoms with van der Waals surface area (Å²) >= 11 is 2.90. The minimum absolute atomic E-state index is 0.0702. The van der Waals surface area contributed by atoms with E-state index in [2.05, 4.69) is 15.2 Å². The van der Waals surface area contributed by atoms with Crippen molar-refractivity contribution < 1.29 is 4.79 Å². The first-order valence-corrected chi connectivity index (χ1v) is 9.85. The molecular formula is C17H20N6OS2. The molecule has 0 aliphatic rings. The van der Waals surface area contributed by atoms with Gasteiger partial charge in [-0.2, -0.15) is 0 Å². The van der Waals surface area contributed by atoms with Crippen molar-refractivity contribution in [1.82, 2.24) is 19.9 Å². The van der Waals surface area contributed by atoms with Crippen LogP contribution < -0.4 is 10.7 Å². The number of thioether (sulfide) groups is 1. The number of hydrogen-bond acceptors (Lipinski definition) is 7. The van der Waals surface area contributed by atoms with Gasteiger partial charge in [0, 0.05) is 18.1 Å². The third kappa shape index (κ3) is 3.73. The van der Waals surface area contributed by atoms with Gasteiger partial charge in [-0.3, -0.25) is 9.69 Å². The number of hydrogen-bond donors (Lipinski definition) is 1. The Morgan fingerprint density at radius 2 is 2.04 bits per heavy atom. The summed E-state index contributed by atoms with van der Waals surface area (Å²) < 4.78 is 1.45. The molecule has 3 rings (SSSR count). The topological polar surface area (TPSA) is 89.9 Å². The summed E-state index contributed by atoms with van der Waals surface area (Å²) in [4.78, 5) is 18.5. The maximum absolute atomic E-state index is 12.2. The number of nitrogens with zero attached hydrogens (tertiary/aromatic N) is 5. The van der Waals surface area contributed by atoms with Crippen LogP contribution >= 0.6 is 23.1 Å². The van der Waals surface area contributed by atoms with Gasteiger partial charge in [0.15, 0.2) is 5.13 Å². The van der Waals surface area contributed by atoms with E-state index in [4.69, 9.17) is 5.84 Å². The predicted octanol–water partition coefficient (Wildman–Crippen LogP) is 3.35. The van der Waals surface area contributed by atoms with E-state index in [0.717, 1.165) is 16.9 Å². The van der Waals surface area contributed by atoms with Gasteiger partial charge < -0.3 is 5.84 Å². The molecule has 0 spiro atoms. The van der Waals surface area contributed by atoms with Gasteiger partial charge in [-0.05, 0) is 44.0 Å². The van der Waals surface area contributed by atoms with Crippen molar-refractivity contribution in [3.63, 3.8) is 0 Å². The number of nitrogen functional groups attached to an aromatic ring is 1. The molecule has 1 aromatic carbocycles. The standard InChI is InChI=1S/C17H20N6OS2/c1-10-5-6-15(7-11(10)2)22(13(4)24)16-19-14(8-25-16)9-26-17-21-20-12(3)23(17)18/h5-8H,9,18H2,1-4H3. The number of nitrogens with two attached hydrogens (primary N) is 1. The van der Waals surface area contributed by atoms with Gasteiger partial charge >= 0.3 is 0 Å². The molecule has 0 aliphatic carbocycles. The molecule has 7 nitrogen and oxygen atoms in total. The molecule has 0 aliphatic heterocycles. The van der Waals surface area contributed by atoms with E-state index in [0.29, 0.717) is 21.9 Å². The largest absolute Gasteiger partial charge is 0.336 e. The molecule has 2 aromatic heterocycles. The summed E-state index contributed by atoms with van der Waals surface area (Å²) in [5, 5.41) is 11.2. The maximum Gasteiger partial charge on any atom is 0.230 e. The Labute approximate surface area is 160 Å². The van der Waals surface area contributed by atoms with E-state index < -0.39 is 0 Å². The molecule has 1 amide bonds. The monoisotopic (exact) mass is 388 g/mol. The van der Waals surface area contributed by atoms with E-state index in [1.54, 1.807) is 18.7 Å². The molecule has 9 heteroatoms. The fourth-order valence-corrected chi connectivity index (χ4v) is 4.13. The van der Waals surface area contributed by atoms with Crippen molar-refractivity contribution in [2.45, 2.75) is 38.6 Å². The summed E-state index contributed by atoms with van der Waals surface area (Å²) in [5.41, 5.74) is 4.02. The molecule has 0 bridgehead atoms. The van der Waals surface area contributed by atoms with E-state index in [9.17, 15) is 4.79 Å². The average molecular weight is 389 g/mol. The smallest absolute Gasteiger partial charge is 0.230 e. The number of carbonyl (C=O) groups excluding carboxylic acids is 1. The number of carbonyl (C=O) groups is 1. The van der Waals surface area contributed by atoms with Crippen LogP contribution in [-0.2, 0) is 10.5 Å². The highest BCUT2D eigenvalue weighted by Crippen LogP contribution is 2.31. The second kappa shape index (κ2) is 7.46. The van der Waals surface area contributed by atoms with Gasteiger partial charge in [-0.15, -0.1) is 21.5 Å². The van der Waals surface area contributed by atoms with Gasteiger partial charge in [0.1, 0.15) is 5.82 Å². The van der Waals surface area contributed by atoms with Crippen LogP contribution in [0.4, 0.5) is 10.8 Å². The molecular weight excluding hydrogens is 368 g/mol. The number of amides is 1. The van der Waals surface area contributed by atoms with Crippen molar-refractivity contribution >= 4 is 39.8 Å². The lowest BCUT2D eigenvalue weighted by atomic mass is 10.1. The minimum atomic E-state index is -0.0702. The predicted molar refractivity (Wildman–Crippen MR) is 105 cm³/mol. The zero-order valence-corrected chi connectivity index (χ0v) is 16.7. The molecule has 136 valence electrons. The minimum Gasteiger partial charge on any atom is -0.336 e. The third-order valence-corrected chi connectivity index (χ3v) is 5.83. The Kier molecular flexibility index (Phi) is 5.28. The molecule has 0 saturated carbocycles. The van der Waals surface area contributed by atoms with Crippen LogP contribution in [0.3, 0.4) is 0 Å². The molecule has 0 saturated heterocycles. The van der Waals surface area contributed by atoms with Gasteiger partial charge in [-0.25, -0.2) is 9.66 Å². The molecule has 0 unspecified atom stereocenters. The molecule has 3 aromatic rings. The van der Waals surface area contributed by atoms with Crippen LogP contribution in [-0.4, -0.2) is 25.8 Å². The molecule has 2 N–H and O–H groups in total. The fraction of sp³-hybridized carbons (Fsp3) is 0.294. The number of benzene rings is 1. The Morgan fingerprint density at radius 1 is 1.27 bits per heavy atom. The summed E-state index contributed by atoms with van der Waals surface area (Å²) in [6, 6.07) is 5.97. The number of aromatic nitrogens is 4. The Morgan fingerprint density at radius 3 is 2.65 bits per heavy atom. The summed E-state index contributed by atoms with van der Waals surface area (Å²) in [7, 11) is 0. The van der Waals surface area contributed by atoms with Crippen LogP contribution in [0.2, 0.25) is 0 Å². The highest BCUT2D eigenvalue weighted by Gasteiger charge is 2.19. The van der Waals surface area contributed by atoms with Gasteiger partial charge in [0.05, 0.1) is 11.4 Å². The highest BCUT2D eigenvalue weighted by atomic mass is 32.2. The van der Waals surface area contributed by atoms with Crippen LogP contribution in [0.15, 0.2) is 28.7 Å². The Balaban J connectivity index is 1.80. The zero-order chi connectivity index (χ0) is 18.8. The molecule has 0 fully saturated rings. The number of aryl methyl sites for hydroxylation is 3. The molecule has 26 heavy (non-hydrogen) atoms. The maximum atomic E-state index is 12.2. The third-order valence-electron chi connectivity index (χ3n) is 3.98. The first-order valence-electron chi connectivity index (χ1n) is 7.99. The number of anilines is 2. The van der Waals surface area contributed by atoms with Crippen molar-refractivity contribution in [3.05, 3.63) is 46.2 Å². The number of thiazole rings is 1. The lowest BCUT2D eigenvalue weighted by Crippen LogP contribution is -2.22. The quantitative estimate of drug-likeness (QED) is 0.532.